The van der Waals surface area contributed by atoms with Gasteiger partial charge in [-0.2, -0.15) is 0 Å². The van der Waals surface area contributed by atoms with Crippen molar-refractivity contribution in [3.63, 3.8) is 0 Å². The molecule has 1 heterocycles. The van der Waals surface area contributed by atoms with E-state index in [0.717, 1.165) is 11.1 Å². The normalized spacial score (nSPS) is 10.8. The first-order valence-corrected chi connectivity index (χ1v) is 11.2. The molecule has 0 saturated heterocycles. The van der Waals surface area contributed by atoms with E-state index in [1.54, 1.807) is 54.5 Å². The number of hydrogen-bond donors (Lipinski definition) is 1. The number of ether oxygens (including phenoxy) is 2. The van der Waals surface area contributed by atoms with Crippen molar-refractivity contribution in [3.05, 3.63) is 101 Å². The molecule has 3 aromatic carbocycles. The van der Waals surface area contributed by atoms with Crippen LogP contribution in [0.5, 0.6) is 11.5 Å². The predicted octanol–water partition coefficient (Wildman–Crippen LogP) is 5.18. The van der Waals surface area contributed by atoms with Crippen LogP contribution in [0.1, 0.15) is 16.7 Å². The van der Waals surface area contributed by atoms with E-state index in [0.29, 0.717) is 34.5 Å². The molecule has 4 aromatic rings. The maximum Gasteiger partial charge on any atom is 0.210 e. The van der Waals surface area contributed by atoms with Crippen LogP contribution in [-0.2, 0) is 18.9 Å². The van der Waals surface area contributed by atoms with Crippen LogP contribution in [0.25, 0.3) is 0 Å². The first-order valence-electron chi connectivity index (χ1n) is 10.2. The van der Waals surface area contributed by atoms with Gasteiger partial charge in [0, 0.05) is 16.9 Å². The van der Waals surface area contributed by atoms with Crippen molar-refractivity contribution in [2.75, 3.05) is 12.5 Å². The molecule has 0 bridgehead atoms. The minimum atomic E-state index is -0.320. The van der Waals surface area contributed by atoms with Gasteiger partial charge < -0.3 is 14.9 Å². The van der Waals surface area contributed by atoms with Crippen molar-refractivity contribution in [1.82, 2.24) is 14.9 Å². The summed E-state index contributed by atoms with van der Waals surface area (Å²) in [6.07, 6.45) is 1.58. The van der Waals surface area contributed by atoms with Gasteiger partial charge >= 0.3 is 0 Å². The number of benzene rings is 3. The Hall–Kier alpha value is -3.59. The zero-order chi connectivity index (χ0) is 23.0. The molecule has 1 N–H and O–H groups in total. The van der Waals surface area contributed by atoms with Crippen LogP contribution in [0, 0.1) is 11.6 Å². The zero-order valence-electron chi connectivity index (χ0n) is 17.9. The fraction of sp³-hybridized carbons (Fsp3) is 0.167. The Morgan fingerprint density at radius 3 is 2.55 bits per heavy atom. The Balaban J connectivity index is 1.44. The van der Waals surface area contributed by atoms with Gasteiger partial charge in [0.05, 0.1) is 13.7 Å². The van der Waals surface area contributed by atoms with E-state index in [1.807, 2.05) is 12.1 Å². The Morgan fingerprint density at radius 1 is 0.970 bits per heavy atom. The van der Waals surface area contributed by atoms with Gasteiger partial charge in [-0.3, -0.25) is 0 Å². The molecule has 0 fully saturated rings. The van der Waals surface area contributed by atoms with Gasteiger partial charge in [-0.05, 0) is 29.8 Å². The molecular formula is C24H22F2N4O2S. The molecule has 4 rings (SSSR count). The highest BCUT2D eigenvalue weighted by Gasteiger charge is 2.13. The minimum Gasteiger partial charge on any atom is -0.493 e. The van der Waals surface area contributed by atoms with Crippen LogP contribution in [-0.4, -0.2) is 22.0 Å². The lowest BCUT2D eigenvalue weighted by Gasteiger charge is -2.17. The average Bonchev–Trinajstić information content (AvgIpc) is 3.29. The molecule has 1 aromatic heterocycles. The molecule has 0 amide bonds. The van der Waals surface area contributed by atoms with E-state index in [1.165, 1.54) is 30.0 Å². The van der Waals surface area contributed by atoms with E-state index < -0.39 is 0 Å². The highest BCUT2D eigenvalue weighted by molar-refractivity contribution is 7.98. The Kier molecular flexibility index (Phi) is 7.41. The summed E-state index contributed by atoms with van der Waals surface area (Å²) in [7, 11) is 1.56. The number of aromatic nitrogens is 3. The molecule has 0 aliphatic rings. The topological polar surface area (TPSA) is 61.2 Å². The predicted molar refractivity (Wildman–Crippen MR) is 123 cm³/mol. The number of rotatable bonds is 10. The first kappa shape index (κ1) is 22.6. The standard InChI is InChI=1S/C24H22F2N4O2S/c1-31-22-8-4-6-18(23(22)32-14-19-5-2-3-7-21(19)26)13-28-30-16-27-29-24(30)33-15-17-9-11-20(25)12-10-17/h2-12,16,28H,13-15H2,1H3. The summed E-state index contributed by atoms with van der Waals surface area (Å²) in [6, 6.07) is 18.4. The lowest BCUT2D eigenvalue weighted by molar-refractivity contribution is 0.277. The highest BCUT2D eigenvalue weighted by Crippen LogP contribution is 2.32. The molecule has 0 spiro atoms. The third kappa shape index (κ3) is 5.81. The SMILES string of the molecule is COc1cccc(CNn2cnnc2SCc2ccc(F)cc2)c1OCc1ccccc1F. The Morgan fingerprint density at radius 2 is 1.76 bits per heavy atom. The van der Waals surface area contributed by atoms with E-state index >= 15 is 0 Å². The lowest BCUT2D eigenvalue weighted by atomic mass is 10.2. The number of methoxy groups -OCH3 is 1. The molecule has 33 heavy (non-hydrogen) atoms. The molecule has 0 radical (unpaired) electrons. The van der Waals surface area contributed by atoms with Crippen molar-refractivity contribution < 1.29 is 18.3 Å². The largest absolute Gasteiger partial charge is 0.493 e. The highest BCUT2D eigenvalue weighted by atomic mass is 32.2. The van der Waals surface area contributed by atoms with Gasteiger partial charge in [-0.1, -0.05) is 54.2 Å². The summed E-state index contributed by atoms with van der Waals surface area (Å²) in [5.74, 6) is 1.13. The molecule has 0 aliphatic carbocycles. The van der Waals surface area contributed by atoms with Gasteiger partial charge in [0.25, 0.3) is 0 Å². The second-order valence-corrected chi connectivity index (χ2v) is 8.00. The number of para-hydroxylation sites is 1. The Labute approximate surface area is 194 Å². The van der Waals surface area contributed by atoms with E-state index in [2.05, 4.69) is 15.6 Å². The van der Waals surface area contributed by atoms with Crippen molar-refractivity contribution in [2.45, 2.75) is 24.1 Å². The first-order chi connectivity index (χ1) is 16.1. The summed E-state index contributed by atoms with van der Waals surface area (Å²) in [5.41, 5.74) is 5.52. The monoisotopic (exact) mass is 468 g/mol. The van der Waals surface area contributed by atoms with Crippen molar-refractivity contribution in [3.8, 4) is 11.5 Å². The van der Waals surface area contributed by atoms with Gasteiger partial charge in [0.15, 0.2) is 11.5 Å². The summed E-state index contributed by atoms with van der Waals surface area (Å²) in [4.78, 5) is 0. The zero-order valence-corrected chi connectivity index (χ0v) is 18.7. The number of halogens is 2. The molecule has 0 aliphatic heterocycles. The van der Waals surface area contributed by atoms with Crippen molar-refractivity contribution in [1.29, 1.82) is 0 Å². The van der Waals surface area contributed by atoms with Crippen molar-refractivity contribution in [2.24, 2.45) is 0 Å². The number of thioether (sulfide) groups is 1. The van der Waals surface area contributed by atoms with E-state index in [-0.39, 0.29) is 18.2 Å². The summed E-state index contributed by atoms with van der Waals surface area (Å²) >= 11 is 1.48. The van der Waals surface area contributed by atoms with Crippen molar-refractivity contribution >= 4 is 11.8 Å². The quantitative estimate of drug-likeness (QED) is 0.324. The number of hydrogen-bond acceptors (Lipinski definition) is 6. The van der Waals surface area contributed by atoms with E-state index in [9.17, 15) is 8.78 Å². The maximum atomic E-state index is 14.0. The second-order valence-electron chi connectivity index (χ2n) is 7.06. The van der Waals surface area contributed by atoms with Gasteiger partial charge in [0.2, 0.25) is 5.16 Å². The summed E-state index contributed by atoms with van der Waals surface area (Å²) < 4.78 is 40.2. The average molecular weight is 469 g/mol. The van der Waals surface area contributed by atoms with Crippen LogP contribution in [0.3, 0.4) is 0 Å². The summed E-state index contributed by atoms with van der Waals surface area (Å²) in [6.45, 7) is 0.470. The molecule has 0 saturated carbocycles. The molecule has 0 atom stereocenters. The van der Waals surface area contributed by atoms with Crippen LogP contribution in [0.15, 0.2) is 78.2 Å². The summed E-state index contributed by atoms with van der Waals surface area (Å²) in [5, 5.41) is 8.78. The molecular weight excluding hydrogens is 446 g/mol. The molecule has 6 nitrogen and oxygen atoms in total. The minimum absolute atomic E-state index is 0.0749. The van der Waals surface area contributed by atoms with Crippen LogP contribution in [0.4, 0.5) is 8.78 Å². The van der Waals surface area contributed by atoms with Gasteiger partial charge in [-0.25, -0.2) is 13.5 Å². The second kappa shape index (κ2) is 10.8. The van der Waals surface area contributed by atoms with Gasteiger partial charge in [-0.15, -0.1) is 10.2 Å². The lowest BCUT2D eigenvalue weighted by Crippen LogP contribution is -2.15. The van der Waals surface area contributed by atoms with Crippen LogP contribution in [0.2, 0.25) is 0 Å². The van der Waals surface area contributed by atoms with Gasteiger partial charge in [0.1, 0.15) is 24.6 Å². The van der Waals surface area contributed by atoms with Crippen LogP contribution >= 0.6 is 11.8 Å². The molecule has 0 unspecified atom stereocenters. The third-order valence-electron chi connectivity index (χ3n) is 4.85. The van der Waals surface area contributed by atoms with Crippen LogP contribution < -0.4 is 14.9 Å². The smallest absolute Gasteiger partial charge is 0.210 e. The number of nitrogens with one attached hydrogen (secondary N) is 1. The fourth-order valence-corrected chi connectivity index (χ4v) is 3.96. The fourth-order valence-electron chi connectivity index (χ4n) is 3.12. The maximum absolute atomic E-state index is 14.0. The van der Waals surface area contributed by atoms with E-state index in [4.69, 9.17) is 9.47 Å². The molecule has 170 valence electrons. The number of nitrogens with zero attached hydrogens (tertiary/aromatic N) is 3. The Bertz CT molecular complexity index is 1200. The third-order valence-corrected chi connectivity index (χ3v) is 5.86. The molecule has 9 heteroatoms.